The summed E-state index contributed by atoms with van der Waals surface area (Å²) in [5.41, 5.74) is 0. The Morgan fingerprint density at radius 2 is 1.94 bits per heavy atom. The van der Waals surface area contributed by atoms with Crippen molar-refractivity contribution in [2.75, 3.05) is 19.3 Å². The number of carboxylic acids is 1. The minimum Gasteiger partial charge on any atom is -0.481 e. The minimum absolute atomic E-state index is 0.355. The summed E-state index contributed by atoms with van der Waals surface area (Å²) in [5, 5.41) is 8.38. The number of nitrogens with zero attached hydrogens (tertiary/aromatic N) is 1. The lowest BCUT2D eigenvalue weighted by molar-refractivity contribution is -0.136. The van der Waals surface area contributed by atoms with Gasteiger partial charge in [0, 0.05) is 13.6 Å². The van der Waals surface area contributed by atoms with Crippen molar-refractivity contribution in [3.8, 4) is 0 Å². The van der Waals surface area contributed by atoms with Gasteiger partial charge in [0.05, 0.1) is 18.2 Å². The van der Waals surface area contributed by atoms with E-state index in [0.717, 1.165) is 0 Å². The van der Waals surface area contributed by atoms with E-state index in [0.29, 0.717) is 6.54 Å². The molecule has 7 nitrogen and oxygen atoms in total. The molecule has 2 N–H and O–H groups in total. The second-order valence-corrected chi connectivity index (χ2v) is 5.53. The normalized spacial score (nSPS) is 13.1. The Balaban J connectivity index is 4.41. The summed E-state index contributed by atoms with van der Waals surface area (Å²) >= 11 is 0. The summed E-state index contributed by atoms with van der Waals surface area (Å²) in [4.78, 5) is 23.2. The fourth-order valence-corrected chi connectivity index (χ4v) is 2.29. The van der Waals surface area contributed by atoms with Gasteiger partial charge in [-0.2, -0.15) is 0 Å². The molecule has 1 atom stereocenters. The molecule has 0 fully saturated rings. The highest BCUT2D eigenvalue weighted by atomic mass is 32.2. The standard InChI is InChI=1S/C9H18N2O5S/c1-4-11(3)9(14)7(2)10-17(15,16)6-5-8(12)13/h7,10H,4-6H2,1-3H3,(H,12,13). The predicted molar refractivity (Wildman–Crippen MR) is 61.9 cm³/mol. The molecule has 0 aromatic rings. The van der Waals surface area contributed by atoms with Gasteiger partial charge < -0.3 is 10.0 Å². The van der Waals surface area contributed by atoms with E-state index >= 15 is 0 Å². The van der Waals surface area contributed by atoms with Crippen molar-refractivity contribution in [1.29, 1.82) is 0 Å². The SMILES string of the molecule is CCN(C)C(=O)C(C)NS(=O)(=O)CCC(=O)O. The second-order valence-electron chi connectivity index (χ2n) is 3.65. The van der Waals surface area contributed by atoms with Crippen molar-refractivity contribution in [3.05, 3.63) is 0 Å². The molecule has 0 rings (SSSR count). The Hall–Kier alpha value is -1.15. The maximum atomic E-state index is 11.6. The number of sulfonamides is 1. The highest BCUT2D eigenvalue weighted by Crippen LogP contribution is 1.97. The van der Waals surface area contributed by atoms with E-state index in [9.17, 15) is 18.0 Å². The quantitative estimate of drug-likeness (QED) is 0.631. The van der Waals surface area contributed by atoms with E-state index in [1.54, 1.807) is 14.0 Å². The number of likely N-dealkylation sites (N-methyl/N-ethyl adjacent to an activating group) is 1. The number of carbonyl (C=O) groups excluding carboxylic acids is 1. The summed E-state index contributed by atoms with van der Waals surface area (Å²) in [6, 6.07) is -0.890. The third-order valence-corrected chi connectivity index (χ3v) is 3.62. The van der Waals surface area contributed by atoms with E-state index in [1.807, 2.05) is 0 Å². The lowest BCUT2D eigenvalue weighted by atomic mass is 10.3. The van der Waals surface area contributed by atoms with Gasteiger partial charge in [0.1, 0.15) is 0 Å². The molecule has 0 spiro atoms. The number of hydrogen-bond donors (Lipinski definition) is 2. The number of aliphatic carboxylic acids is 1. The van der Waals surface area contributed by atoms with Gasteiger partial charge in [0.25, 0.3) is 0 Å². The van der Waals surface area contributed by atoms with Crippen LogP contribution < -0.4 is 4.72 Å². The summed E-state index contributed by atoms with van der Waals surface area (Å²) in [7, 11) is -2.18. The van der Waals surface area contributed by atoms with E-state index in [-0.39, 0.29) is 5.91 Å². The zero-order valence-electron chi connectivity index (χ0n) is 10.1. The Morgan fingerprint density at radius 3 is 2.35 bits per heavy atom. The van der Waals surface area contributed by atoms with Crippen LogP contribution in [0.15, 0.2) is 0 Å². The van der Waals surface area contributed by atoms with Crippen molar-refractivity contribution >= 4 is 21.9 Å². The third-order valence-electron chi connectivity index (χ3n) is 2.16. The summed E-state index contributed by atoms with van der Waals surface area (Å²) in [6.45, 7) is 3.66. The van der Waals surface area contributed by atoms with Crippen LogP contribution in [0, 0.1) is 0 Å². The van der Waals surface area contributed by atoms with Crippen LogP contribution in [0.2, 0.25) is 0 Å². The van der Waals surface area contributed by atoms with Gasteiger partial charge in [0.15, 0.2) is 0 Å². The molecular weight excluding hydrogens is 248 g/mol. The largest absolute Gasteiger partial charge is 0.481 e. The molecule has 0 saturated carbocycles. The van der Waals surface area contributed by atoms with Gasteiger partial charge in [-0.25, -0.2) is 13.1 Å². The monoisotopic (exact) mass is 266 g/mol. The molecule has 0 heterocycles. The Bertz CT molecular complexity index is 379. The zero-order chi connectivity index (χ0) is 13.6. The number of amides is 1. The van der Waals surface area contributed by atoms with Gasteiger partial charge in [-0.05, 0) is 13.8 Å². The van der Waals surface area contributed by atoms with Crippen LogP contribution in [0.4, 0.5) is 0 Å². The van der Waals surface area contributed by atoms with Crippen LogP contribution in [0.25, 0.3) is 0 Å². The van der Waals surface area contributed by atoms with Gasteiger partial charge >= 0.3 is 5.97 Å². The van der Waals surface area contributed by atoms with Crippen molar-refractivity contribution in [1.82, 2.24) is 9.62 Å². The van der Waals surface area contributed by atoms with Crippen molar-refractivity contribution < 1.29 is 23.1 Å². The first kappa shape index (κ1) is 15.9. The molecule has 8 heteroatoms. The Labute approximate surface area is 101 Å². The van der Waals surface area contributed by atoms with E-state index in [4.69, 9.17) is 5.11 Å². The maximum absolute atomic E-state index is 11.6. The molecule has 100 valence electrons. The van der Waals surface area contributed by atoms with E-state index < -0.39 is 34.2 Å². The number of nitrogens with one attached hydrogen (secondary N) is 1. The van der Waals surface area contributed by atoms with Gasteiger partial charge in [-0.3, -0.25) is 9.59 Å². The molecule has 0 aliphatic heterocycles. The number of carboxylic acid groups (broad SMARTS) is 1. The molecule has 0 bridgehead atoms. The molecule has 17 heavy (non-hydrogen) atoms. The third kappa shape index (κ3) is 6.22. The number of hydrogen-bond acceptors (Lipinski definition) is 4. The molecule has 0 aliphatic carbocycles. The lowest BCUT2D eigenvalue weighted by Gasteiger charge is -2.20. The zero-order valence-corrected chi connectivity index (χ0v) is 11.0. The van der Waals surface area contributed by atoms with Crippen LogP contribution >= 0.6 is 0 Å². The van der Waals surface area contributed by atoms with Crippen LogP contribution in [0.1, 0.15) is 20.3 Å². The molecule has 0 aromatic heterocycles. The average Bonchev–Trinajstić information content (AvgIpc) is 2.23. The van der Waals surface area contributed by atoms with E-state index in [1.165, 1.54) is 11.8 Å². The van der Waals surface area contributed by atoms with Crippen LogP contribution in [0.5, 0.6) is 0 Å². The molecule has 1 unspecified atom stereocenters. The fourth-order valence-electron chi connectivity index (χ4n) is 1.09. The molecule has 0 saturated heterocycles. The van der Waals surface area contributed by atoms with E-state index in [2.05, 4.69) is 4.72 Å². The molecule has 1 amide bonds. The minimum atomic E-state index is -3.74. The predicted octanol–water partition coefficient (Wildman–Crippen LogP) is -0.753. The molecule has 0 radical (unpaired) electrons. The van der Waals surface area contributed by atoms with Gasteiger partial charge in [0.2, 0.25) is 15.9 Å². The van der Waals surface area contributed by atoms with Crippen LogP contribution in [-0.2, 0) is 19.6 Å². The van der Waals surface area contributed by atoms with Crippen molar-refractivity contribution in [2.24, 2.45) is 0 Å². The molecule has 0 aliphatic rings. The molecule has 0 aromatic carbocycles. The van der Waals surface area contributed by atoms with Crippen LogP contribution in [0.3, 0.4) is 0 Å². The fraction of sp³-hybridized carbons (Fsp3) is 0.778. The lowest BCUT2D eigenvalue weighted by Crippen LogP contribution is -2.46. The first-order valence-corrected chi connectivity index (χ1v) is 6.81. The van der Waals surface area contributed by atoms with Crippen LogP contribution in [-0.4, -0.2) is 55.7 Å². The van der Waals surface area contributed by atoms with Gasteiger partial charge in [-0.15, -0.1) is 0 Å². The summed E-state index contributed by atoms with van der Waals surface area (Å²) < 4.78 is 25.0. The number of carbonyl (C=O) groups is 2. The van der Waals surface area contributed by atoms with Crippen molar-refractivity contribution in [3.63, 3.8) is 0 Å². The Kier molecular flexibility index (Phi) is 6.11. The maximum Gasteiger partial charge on any atom is 0.304 e. The topological polar surface area (TPSA) is 104 Å². The Morgan fingerprint density at radius 1 is 1.41 bits per heavy atom. The number of rotatable bonds is 7. The van der Waals surface area contributed by atoms with Crippen molar-refractivity contribution in [2.45, 2.75) is 26.3 Å². The first-order chi connectivity index (χ1) is 7.69. The second kappa shape index (κ2) is 6.55. The summed E-state index contributed by atoms with van der Waals surface area (Å²) in [5.74, 6) is -2.08. The first-order valence-electron chi connectivity index (χ1n) is 5.16. The summed E-state index contributed by atoms with van der Waals surface area (Å²) in [6.07, 6.45) is -0.486. The average molecular weight is 266 g/mol. The molecular formula is C9H18N2O5S. The smallest absolute Gasteiger partial charge is 0.304 e. The van der Waals surface area contributed by atoms with Gasteiger partial charge in [-0.1, -0.05) is 0 Å². The highest BCUT2D eigenvalue weighted by molar-refractivity contribution is 7.89. The highest BCUT2D eigenvalue weighted by Gasteiger charge is 2.22.